The van der Waals surface area contributed by atoms with Crippen LogP contribution in [0, 0.1) is 17.2 Å². The topological polar surface area (TPSA) is 39.1 Å². The Balaban J connectivity index is 1.94. The minimum absolute atomic E-state index is 0.000626. The maximum absolute atomic E-state index is 9.01. The molecule has 1 aliphatic carbocycles. The highest BCUT2D eigenvalue weighted by Crippen LogP contribution is 2.35. The molecule has 1 saturated carbocycles. The van der Waals surface area contributed by atoms with E-state index in [1.807, 2.05) is 7.05 Å². The zero-order chi connectivity index (χ0) is 11.4. The molecule has 0 radical (unpaired) electrons. The Bertz CT molecular complexity index is 256. The van der Waals surface area contributed by atoms with Crippen LogP contribution in [-0.2, 0) is 0 Å². The number of likely N-dealkylation sites (tertiary alicyclic amines) is 1. The highest BCUT2D eigenvalue weighted by atomic mass is 15.2. The van der Waals surface area contributed by atoms with Gasteiger partial charge in [0.1, 0.15) is 6.04 Å². The van der Waals surface area contributed by atoms with Gasteiger partial charge in [0.05, 0.1) is 6.07 Å². The van der Waals surface area contributed by atoms with Crippen LogP contribution < -0.4 is 5.32 Å². The summed E-state index contributed by atoms with van der Waals surface area (Å²) in [6, 6.07) is 3.11. The second-order valence-corrected chi connectivity index (χ2v) is 5.22. The fraction of sp³-hybridized carbons (Fsp3) is 0.923. The molecule has 90 valence electrons. The summed E-state index contributed by atoms with van der Waals surface area (Å²) in [4.78, 5) is 2.57. The van der Waals surface area contributed by atoms with Crippen molar-refractivity contribution in [2.75, 3.05) is 20.1 Å². The van der Waals surface area contributed by atoms with Crippen molar-refractivity contribution in [3.8, 4) is 6.07 Å². The van der Waals surface area contributed by atoms with E-state index in [0.717, 1.165) is 18.5 Å². The van der Waals surface area contributed by atoms with E-state index in [1.54, 1.807) is 0 Å². The van der Waals surface area contributed by atoms with Gasteiger partial charge in [-0.1, -0.05) is 12.8 Å². The summed E-state index contributed by atoms with van der Waals surface area (Å²) in [5.41, 5.74) is 0. The van der Waals surface area contributed by atoms with E-state index in [0.29, 0.717) is 0 Å². The average molecular weight is 221 g/mol. The van der Waals surface area contributed by atoms with Crippen LogP contribution >= 0.6 is 0 Å². The number of fused-ring (bicyclic) bond motifs is 1. The van der Waals surface area contributed by atoms with Gasteiger partial charge in [-0.2, -0.15) is 5.26 Å². The van der Waals surface area contributed by atoms with Crippen LogP contribution in [0.4, 0.5) is 0 Å². The first kappa shape index (κ1) is 11.9. The molecule has 1 heterocycles. The van der Waals surface area contributed by atoms with E-state index < -0.39 is 0 Å². The van der Waals surface area contributed by atoms with E-state index >= 15 is 0 Å². The average Bonchev–Trinajstić information content (AvgIpc) is 2.36. The molecule has 16 heavy (non-hydrogen) atoms. The molecule has 2 fully saturated rings. The lowest BCUT2D eigenvalue weighted by atomic mass is 9.78. The molecular formula is C13H23N3. The summed E-state index contributed by atoms with van der Waals surface area (Å²) >= 11 is 0. The Hall–Kier alpha value is -0.590. The van der Waals surface area contributed by atoms with Crippen molar-refractivity contribution in [3.63, 3.8) is 0 Å². The van der Waals surface area contributed by atoms with Crippen molar-refractivity contribution in [2.45, 2.75) is 50.6 Å². The van der Waals surface area contributed by atoms with Crippen LogP contribution in [0.2, 0.25) is 0 Å². The Morgan fingerprint density at radius 1 is 1.31 bits per heavy atom. The number of nitrogens with zero attached hydrogens (tertiary/aromatic N) is 2. The number of nitriles is 1. The molecule has 1 unspecified atom stereocenters. The SMILES string of the molecule is CNC(C#N)CN1CCC[C@H]2CCCC[C@H]21. The van der Waals surface area contributed by atoms with Gasteiger partial charge < -0.3 is 5.32 Å². The van der Waals surface area contributed by atoms with E-state index in [2.05, 4.69) is 16.3 Å². The molecule has 1 aliphatic heterocycles. The van der Waals surface area contributed by atoms with Gasteiger partial charge in [-0.15, -0.1) is 0 Å². The van der Waals surface area contributed by atoms with Gasteiger partial charge >= 0.3 is 0 Å². The maximum Gasteiger partial charge on any atom is 0.108 e. The van der Waals surface area contributed by atoms with Gasteiger partial charge in [0.2, 0.25) is 0 Å². The fourth-order valence-electron chi connectivity index (χ4n) is 3.39. The number of hydrogen-bond acceptors (Lipinski definition) is 3. The summed E-state index contributed by atoms with van der Waals surface area (Å²) in [5.74, 6) is 0.915. The molecule has 3 heteroatoms. The van der Waals surface area contributed by atoms with Crippen LogP contribution in [0.5, 0.6) is 0 Å². The van der Waals surface area contributed by atoms with E-state index in [-0.39, 0.29) is 6.04 Å². The monoisotopic (exact) mass is 221 g/mol. The van der Waals surface area contributed by atoms with Crippen LogP contribution in [0.25, 0.3) is 0 Å². The van der Waals surface area contributed by atoms with Crippen molar-refractivity contribution >= 4 is 0 Å². The van der Waals surface area contributed by atoms with Crippen LogP contribution in [0.3, 0.4) is 0 Å². The lowest BCUT2D eigenvalue weighted by Gasteiger charge is -2.44. The van der Waals surface area contributed by atoms with Crippen molar-refractivity contribution in [2.24, 2.45) is 5.92 Å². The van der Waals surface area contributed by atoms with E-state index in [4.69, 9.17) is 5.26 Å². The molecule has 2 aliphatic rings. The van der Waals surface area contributed by atoms with Crippen LogP contribution in [0.15, 0.2) is 0 Å². The Kier molecular flexibility index (Phi) is 4.20. The zero-order valence-corrected chi connectivity index (χ0v) is 10.3. The fourth-order valence-corrected chi connectivity index (χ4v) is 3.39. The van der Waals surface area contributed by atoms with Crippen LogP contribution in [-0.4, -0.2) is 37.1 Å². The van der Waals surface area contributed by atoms with Crippen molar-refractivity contribution in [1.29, 1.82) is 5.26 Å². The number of likely N-dealkylation sites (N-methyl/N-ethyl adjacent to an activating group) is 1. The summed E-state index contributed by atoms with van der Waals surface area (Å²) in [5, 5.41) is 12.1. The maximum atomic E-state index is 9.01. The highest BCUT2D eigenvalue weighted by Gasteiger charge is 2.33. The molecule has 2 rings (SSSR count). The molecular weight excluding hydrogens is 198 g/mol. The zero-order valence-electron chi connectivity index (χ0n) is 10.3. The van der Waals surface area contributed by atoms with Gasteiger partial charge in [-0.3, -0.25) is 4.90 Å². The lowest BCUT2D eigenvalue weighted by Crippen LogP contribution is -2.51. The van der Waals surface area contributed by atoms with E-state index in [9.17, 15) is 0 Å². The van der Waals surface area contributed by atoms with Crippen molar-refractivity contribution in [1.82, 2.24) is 10.2 Å². The van der Waals surface area contributed by atoms with Crippen molar-refractivity contribution in [3.05, 3.63) is 0 Å². The Morgan fingerprint density at radius 2 is 2.06 bits per heavy atom. The number of piperidine rings is 1. The normalized spacial score (nSPS) is 32.8. The van der Waals surface area contributed by atoms with Gasteiger partial charge in [-0.25, -0.2) is 0 Å². The third kappa shape index (κ3) is 2.56. The predicted octanol–water partition coefficient (Wildman–Crippen LogP) is 1.75. The van der Waals surface area contributed by atoms with Gasteiger partial charge in [-0.05, 0) is 45.2 Å². The number of hydrogen-bond donors (Lipinski definition) is 1. The first-order chi connectivity index (χ1) is 7.85. The first-order valence-electron chi connectivity index (χ1n) is 6.66. The molecule has 1 saturated heterocycles. The quantitative estimate of drug-likeness (QED) is 0.789. The Morgan fingerprint density at radius 3 is 2.81 bits per heavy atom. The smallest absolute Gasteiger partial charge is 0.108 e. The number of nitrogens with one attached hydrogen (secondary N) is 1. The summed E-state index contributed by atoms with van der Waals surface area (Å²) in [6.07, 6.45) is 8.31. The number of rotatable bonds is 3. The summed E-state index contributed by atoms with van der Waals surface area (Å²) < 4.78 is 0. The van der Waals surface area contributed by atoms with E-state index in [1.165, 1.54) is 45.1 Å². The third-order valence-corrected chi connectivity index (χ3v) is 4.28. The van der Waals surface area contributed by atoms with Crippen LogP contribution in [0.1, 0.15) is 38.5 Å². The molecule has 3 nitrogen and oxygen atoms in total. The molecule has 0 aromatic rings. The third-order valence-electron chi connectivity index (χ3n) is 4.28. The molecule has 0 spiro atoms. The molecule has 3 atom stereocenters. The molecule has 1 N–H and O–H groups in total. The second-order valence-electron chi connectivity index (χ2n) is 5.22. The summed E-state index contributed by atoms with van der Waals surface area (Å²) in [7, 11) is 1.89. The van der Waals surface area contributed by atoms with Crippen molar-refractivity contribution < 1.29 is 0 Å². The predicted molar refractivity (Wildman–Crippen MR) is 65.0 cm³/mol. The minimum Gasteiger partial charge on any atom is -0.304 e. The molecule has 0 aromatic heterocycles. The Labute approximate surface area is 98.8 Å². The van der Waals surface area contributed by atoms with Gasteiger partial charge in [0.15, 0.2) is 0 Å². The second kappa shape index (κ2) is 5.65. The first-order valence-corrected chi connectivity index (χ1v) is 6.66. The summed E-state index contributed by atoms with van der Waals surface area (Å²) in [6.45, 7) is 2.11. The molecule has 0 bridgehead atoms. The van der Waals surface area contributed by atoms with Gasteiger partial charge in [0.25, 0.3) is 0 Å². The van der Waals surface area contributed by atoms with Gasteiger partial charge in [0, 0.05) is 12.6 Å². The highest BCUT2D eigenvalue weighted by molar-refractivity contribution is 4.95. The lowest BCUT2D eigenvalue weighted by molar-refractivity contribution is 0.0578. The minimum atomic E-state index is 0.000626. The largest absolute Gasteiger partial charge is 0.304 e. The molecule has 0 aromatic carbocycles. The standard InChI is InChI=1S/C13H23N3/c1-15-12(9-14)10-16-8-4-6-11-5-2-3-7-13(11)16/h11-13,15H,2-8,10H2,1H3/t11-,12?,13-/m1/s1. The molecule has 0 amide bonds.